The highest BCUT2D eigenvalue weighted by molar-refractivity contribution is 5.80. The van der Waals surface area contributed by atoms with E-state index in [-0.39, 0.29) is 5.92 Å². The topological polar surface area (TPSA) is 47.8 Å². The highest BCUT2D eigenvalue weighted by Crippen LogP contribution is 2.07. The lowest BCUT2D eigenvalue weighted by molar-refractivity contribution is -0.121. The van der Waals surface area contributed by atoms with Crippen molar-refractivity contribution >= 4 is 5.78 Å². The number of nitrogens with zero attached hydrogens (tertiary/aromatic N) is 3. The minimum absolute atomic E-state index is 0.152. The van der Waals surface area contributed by atoms with E-state index in [2.05, 4.69) is 10.3 Å². The SMILES string of the molecule is CCn1nncc1CCCC(=O)C(C)C. The van der Waals surface area contributed by atoms with Crippen LogP contribution >= 0.6 is 0 Å². The molecule has 0 aliphatic carbocycles. The van der Waals surface area contributed by atoms with Gasteiger partial charge < -0.3 is 0 Å². The van der Waals surface area contributed by atoms with Gasteiger partial charge in [-0.2, -0.15) is 0 Å². The largest absolute Gasteiger partial charge is 0.299 e. The molecule has 1 rings (SSSR count). The van der Waals surface area contributed by atoms with E-state index in [1.54, 1.807) is 6.20 Å². The van der Waals surface area contributed by atoms with E-state index in [1.165, 1.54) is 0 Å². The highest BCUT2D eigenvalue weighted by Gasteiger charge is 2.08. The first-order valence-electron chi connectivity index (χ1n) is 5.55. The van der Waals surface area contributed by atoms with E-state index in [0.29, 0.717) is 12.2 Å². The molecule has 0 N–H and O–H groups in total. The molecule has 0 saturated heterocycles. The summed E-state index contributed by atoms with van der Waals surface area (Å²) in [6, 6.07) is 0. The summed E-state index contributed by atoms with van der Waals surface area (Å²) < 4.78 is 1.87. The Morgan fingerprint density at radius 2 is 2.27 bits per heavy atom. The van der Waals surface area contributed by atoms with E-state index in [9.17, 15) is 4.79 Å². The summed E-state index contributed by atoms with van der Waals surface area (Å²) in [5.41, 5.74) is 1.12. The second kappa shape index (κ2) is 5.63. The molecule has 0 aliphatic heterocycles. The van der Waals surface area contributed by atoms with Crippen LogP contribution in [0.2, 0.25) is 0 Å². The van der Waals surface area contributed by atoms with E-state index in [4.69, 9.17) is 0 Å². The van der Waals surface area contributed by atoms with Gasteiger partial charge in [0.1, 0.15) is 5.78 Å². The maximum atomic E-state index is 11.4. The first kappa shape index (κ1) is 11.9. The molecule has 4 nitrogen and oxygen atoms in total. The molecule has 0 saturated carbocycles. The zero-order valence-corrected chi connectivity index (χ0v) is 9.73. The highest BCUT2D eigenvalue weighted by atomic mass is 16.1. The molecule has 1 aromatic rings. The van der Waals surface area contributed by atoms with Crippen molar-refractivity contribution < 1.29 is 4.79 Å². The summed E-state index contributed by atoms with van der Waals surface area (Å²) >= 11 is 0. The molecule has 0 atom stereocenters. The number of hydrogen-bond donors (Lipinski definition) is 0. The molecule has 0 radical (unpaired) electrons. The zero-order valence-electron chi connectivity index (χ0n) is 9.73. The molecule has 0 bridgehead atoms. The molecule has 0 spiro atoms. The van der Waals surface area contributed by atoms with Crippen LogP contribution in [0.25, 0.3) is 0 Å². The van der Waals surface area contributed by atoms with Gasteiger partial charge >= 0.3 is 0 Å². The number of hydrogen-bond acceptors (Lipinski definition) is 3. The monoisotopic (exact) mass is 209 g/mol. The molecule has 1 heterocycles. The second-order valence-corrected chi connectivity index (χ2v) is 4.02. The summed E-state index contributed by atoms with van der Waals surface area (Å²) in [5.74, 6) is 0.490. The van der Waals surface area contributed by atoms with Gasteiger partial charge in [0, 0.05) is 18.9 Å². The summed E-state index contributed by atoms with van der Waals surface area (Å²) in [4.78, 5) is 11.4. The van der Waals surface area contributed by atoms with Gasteiger partial charge in [-0.05, 0) is 19.8 Å². The van der Waals surface area contributed by atoms with Crippen LogP contribution in [0.3, 0.4) is 0 Å². The molecule has 1 aromatic heterocycles. The van der Waals surface area contributed by atoms with E-state index >= 15 is 0 Å². The van der Waals surface area contributed by atoms with Crippen LogP contribution in [0.15, 0.2) is 6.20 Å². The van der Waals surface area contributed by atoms with Crippen molar-refractivity contribution in [1.29, 1.82) is 0 Å². The van der Waals surface area contributed by atoms with E-state index in [0.717, 1.165) is 25.1 Å². The Morgan fingerprint density at radius 3 is 2.87 bits per heavy atom. The Bertz CT molecular complexity index is 317. The molecule has 4 heteroatoms. The van der Waals surface area contributed by atoms with E-state index in [1.807, 2.05) is 25.5 Å². The lowest BCUT2D eigenvalue weighted by Crippen LogP contribution is -2.08. The average Bonchev–Trinajstić information content (AvgIpc) is 2.65. The Morgan fingerprint density at radius 1 is 1.53 bits per heavy atom. The van der Waals surface area contributed by atoms with Crippen LogP contribution in [0.1, 0.15) is 39.3 Å². The van der Waals surface area contributed by atoms with Crippen LogP contribution < -0.4 is 0 Å². The van der Waals surface area contributed by atoms with Crippen molar-refractivity contribution in [3.8, 4) is 0 Å². The fourth-order valence-corrected chi connectivity index (χ4v) is 1.47. The average molecular weight is 209 g/mol. The molecule has 15 heavy (non-hydrogen) atoms. The van der Waals surface area contributed by atoms with Crippen molar-refractivity contribution in [1.82, 2.24) is 15.0 Å². The van der Waals surface area contributed by atoms with Gasteiger partial charge in [0.25, 0.3) is 0 Å². The molecule has 84 valence electrons. The minimum atomic E-state index is 0.152. The van der Waals surface area contributed by atoms with Crippen LogP contribution in [0.5, 0.6) is 0 Å². The third-order valence-electron chi connectivity index (χ3n) is 2.50. The lowest BCUT2D eigenvalue weighted by Gasteiger charge is -2.04. The number of Topliss-reactive ketones (excluding diaryl/α,β-unsaturated/α-hetero) is 1. The Kier molecular flexibility index (Phi) is 4.46. The molecule has 0 amide bonds. The molecular formula is C11H19N3O. The predicted molar refractivity (Wildman–Crippen MR) is 58.5 cm³/mol. The first-order chi connectivity index (χ1) is 7.15. The number of rotatable bonds is 6. The fourth-order valence-electron chi connectivity index (χ4n) is 1.47. The van der Waals surface area contributed by atoms with Gasteiger partial charge in [-0.3, -0.25) is 4.79 Å². The van der Waals surface area contributed by atoms with Crippen molar-refractivity contribution in [3.05, 3.63) is 11.9 Å². The van der Waals surface area contributed by atoms with Crippen LogP contribution in [-0.2, 0) is 17.8 Å². The van der Waals surface area contributed by atoms with Crippen LogP contribution in [0.4, 0.5) is 0 Å². The standard InChI is InChI=1S/C11H19N3O/c1-4-14-10(8-12-13-14)6-5-7-11(15)9(2)3/h8-9H,4-7H2,1-3H3. The third-order valence-corrected chi connectivity index (χ3v) is 2.50. The normalized spacial score (nSPS) is 10.9. The number of ketones is 1. The molecular weight excluding hydrogens is 190 g/mol. The first-order valence-corrected chi connectivity index (χ1v) is 5.55. The van der Waals surface area contributed by atoms with Crippen molar-refractivity contribution in [2.45, 2.75) is 46.6 Å². The smallest absolute Gasteiger partial charge is 0.135 e. The number of carbonyl (C=O) groups is 1. The summed E-state index contributed by atoms with van der Waals surface area (Å²) in [6.07, 6.45) is 4.22. The van der Waals surface area contributed by atoms with Crippen molar-refractivity contribution in [2.24, 2.45) is 5.92 Å². The molecule has 0 unspecified atom stereocenters. The number of carbonyl (C=O) groups excluding carboxylic acids is 1. The number of aromatic nitrogens is 3. The van der Waals surface area contributed by atoms with Gasteiger partial charge in [-0.1, -0.05) is 19.1 Å². The predicted octanol–water partition coefficient (Wildman–Crippen LogP) is 1.85. The summed E-state index contributed by atoms with van der Waals surface area (Å²) in [7, 11) is 0. The van der Waals surface area contributed by atoms with Gasteiger partial charge in [0.2, 0.25) is 0 Å². The van der Waals surface area contributed by atoms with Gasteiger partial charge in [0.15, 0.2) is 0 Å². The minimum Gasteiger partial charge on any atom is -0.299 e. The maximum absolute atomic E-state index is 11.4. The fraction of sp³-hybridized carbons (Fsp3) is 0.727. The Labute approximate surface area is 90.7 Å². The maximum Gasteiger partial charge on any atom is 0.135 e. The summed E-state index contributed by atoms with van der Waals surface area (Å²) in [5, 5.41) is 7.80. The van der Waals surface area contributed by atoms with Crippen molar-refractivity contribution in [3.63, 3.8) is 0 Å². The third kappa shape index (κ3) is 3.46. The van der Waals surface area contributed by atoms with Crippen LogP contribution in [0, 0.1) is 5.92 Å². The molecule has 0 aromatic carbocycles. The lowest BCUT2D eigenvalue weighted by atomic mass is 10.0. The second-order valence-electron chi connectivity index (χ2n) is 4.02. The van der Waals surface area contributed by atoms with Gasteiger partial charge in [-0.15, -0.1) is 5.10 Å². The molecule has 0 fully saturated rings. The molecule has 0 aliphatic rings. The summed E-state index contributed by atoms with van der Waals surface area (Å²) in [6.45, 7) is 6.77. The Hall–Kier alpha value is -1.19. The quantitative estimate of drug-likeness (QED) is 0.718. The van der Waals surface area contributed by atoms with Crippen LogP contribution in [-0.4, -0.2) is 20.8 Å². The van der Waals surface area contributed by atoms with Gasteiger partial charge in [-0.25, -0.2) is 4.68 Å². The van der Waals surface area contributed by atoms with Crippen molar-refractivity contribution in [2.75, 3.05) is 0 Å². The zero-order chi connectivity index (χ0) is 11.3. The number of aryl methyl sites for hydroxylation is 2. The van der Waals surface area contributed by atoms with Gasteiger partial charge in [0.05, 0.1) is 11.9 Å². The Balaban J connectivity index is 2.35. The van der Waals surface area contributed by atoms with E-state index < -0.39 is 0 Å².